The van der Waals surface area contributed by atoms with Crippen molar-refractivity contribution in [3.05, 3.63) is 29.1 Å². The van der Waals surface area contributed by atoms with Crippen LogP contribution in [0.4, 0.5) is 5.69 Å². The lowest BCUT2D eigenvalue weighted by atomic mass is 10.1. The summed E-state index contributed by atoms with van der Waals surface area (Å²) in [6, 6.07) is 5.65. The molecule has 80 valence electrons. The van der Waals surface area contributed by atoms with Crippen molar-refractivity contribution in [3.8, 4) is 0 Å². The first-order valence-electron chi connectivity index (χ1n) is 4.42. The van der Waals surface area contributed by atoms with Gasteiger partial charge in [0, 0.05) is 10.1 Å². The zero-order valence-corrected chi connectivity index (χ0v) is 10.1. The molecule has 0 spiro atoms. The van der Waals surface area contributed by atoms with E-state index in [0.29, 0.717) is 5.69 Å². The molecule has 3 nitrogen and oxygen atoms in total. The van der Waals surface area contributed by atoms with Crippen LogP contribution in [0.2, 0.25) is 0 Å². The van der Waals surface area contributed by atoms with Crippen molar-refractivity contribution in [2.24, 2.45) is 0 Å². The lowest BCUT2D eigenvalue weighted by Gasteiger charge is -2.06. The number of nitrogens with one attached hydrogen (secondary N) is 1. The molecule has 0 radical (unpaired) electrons. The first kappa shape index (κ1) is 10.4. The quantitative estimate of drug-likeness (QED) is 0.878. The van der Waals surface area contributed by atoms with Crippen molar-refractivity contribution >= 4 is 37.1 Å². The summed E-state index contributed by atoms with van der Waals surface area (Å²) in [7, 11) is -3.20. The minimum absolute atomic E-state index is 0.652. The minimum Gasteiger partial charge on any atom is -0.283 e. The van der Waals surface area contributed by atoms with Crippen molar-refractivity contribution in [1.29, 1.82) is 0 Å². The molecule has 0 saturated carbocycles. The highest BCUT2D eigenvalue weighted by Crippen LogP contribution is 2.31. The summed E-state index contributed by atoms with van der Waals surface area (Å²) in [6.07, 6.45) is 1.16. The third-order valence-electron chi connectivity index (χ3n) is 2.11. The van der Waals surface area contributed by atoms with Gasteiger partial charge in [-0.3, -0.25) is 4.72 Å². The Kier molecular flexibility index (Phi) is 2.44. The van der Waals surface area contributed by atoms with Gasteiger partial charge in [-0.05, 0) is 30.0 Å². The molecule has 1 aromatic carbocycles. The normalized spacial score (nSPS) is 11.9. The fourth-order valence-electron chi connectivity index (χ4n) is 1.49. The van der Waals surface area contributed by atoms with Gasteiger partial charge in [0.1, 0.15) is 0 Å². The summed E-state index contributed by atoms with van der Waals surface area (Å²) in [6.45, 7) is 2.02. The molecule has 1 heterocycles. The van der Waals surface area contributed by atoms with Gasteiger partial charge < -0.3 is 0 Å². The zero-order chi connectivity index (χ0) is 11.1. The Morgan fingerprint density at radius 3 is 2.67 bits per heavy atom. The summed E-state index contributed by atoms with van der Waals surface area (Å²) < 4.78 is 25.9. The Morgan fingerprint density at radius 2 is 2.00 bits per heavy atom. The van der Waals surface area contributed by atoms with Gasteiger partial charge in [-0.1, -0.05) is 6.07 Å². The highest BCUT2D eigenvalue weighted by Gasteiger charge is 2.08. The first-order valence-corrected chi connectivity index (χ1v) is 7.19. The van der Waals surface area contributed by atoms with Gasteiger partial charge in [0.25, 0.3) is 0 Å². The van der Waals surface area contributed by atoms with Gasteiger partial charge in [0.05, 0.1) is 11.9 Å². The number of benzene rings is 1. The number of rotatable bonds is 2. The smallest absolute Gasteiger partial charge is 0.229 e. The SMILES string of the molecule is Cc1ccc(NS(C)(=O)=O)c2ccsc12. The number of hydrogen-bond donors (Lipinski definition) is 1. The Bertz CT molecular complexity index is 599. The molecule has 0 aliphatic heterocycles. The highest BCUT2D eigenvalue weighted by molar-refractivity contribution is 7.92. The second kappa shape index (κ2) is 3.50. The standard InChI is InChI=1S/C10H11NO2S2/c1-7-3-4-9(11-15(2,12)13)8-5-6-14-10(7)8/h3-6,11H,1-2H3. The third-order valence-corrected chi connectivity index (χ3v) is 3.75. The molecule has 1 aromatic heterocycles. The van der Waals surface area contributed by atoms with Crippen LogP contribution >= 0.6 is 11.3 Å². The van der Waals surface area contributed by atoms with Gasteiger partial charge in [0.2, 0.25) is 10.0 Å². The minimum atomic E-state index is -3.20. The number of fused-ring (bicyclic) bond motifs is 1. The maximum atomic E-state index is 11.1. The Morgan fingerprint density at radius 1 is 1.27 bits per heavy atom. The van der Waals surface area contributed by atoms with E-state index in [2.05, 4.69) is 4.72 Å². The number of hydrogen-bond acceptors (Lipinski definition) is 3. The van der Waals surface area contributed by atoms with Crippen molar-refractivity contribution in [3.63, 3.8) is 0 Å². The molecule has 2 aromatic rings. The van der Waals surface area contributed by atoms with E-state index in [-0.39, 0.29) is 0 Å². The molecular weight excluding hydrogens is 230 g/mol. The Hall–Kier alpha value is -1.07. The van der Waals surface area contributed by atoms with E-state index in [4.69, 9.17) is 0 Å². The van der Waals surface area contributed by atoms with Crippen LogP contribution in [-0.4, -0.2) is 14.7 Å². The molecule has 0 atom stereocenters. The van der Waals surface area contributed by atoms with Gasteiger partial charge in [-0.15, -0.1) is 11.3 Å². The maximum Gasteiger partial charge on any atom is 0.229 e. The Balaban J connectivity index is 2.62. The van der Waals surface area contributed by atoms with E-state index in [1.165, 1.54) is 5.56 Å². The maximum absolute atomic E-state index is 11.1. The highest BCUT2D eigenvalue weighted by atomic mass is 32.2. The second-order valence-electron chi connectivity index (χ2n) is 3.47. The van der Waals surface area contributed by atoms with Crippen LogP contribution in [0.5, 0.6) is 0 Å². The summed E-state index contributed by atoms with van der Waals surface area (Å²) in [4.78, 5) is 0. The van der Waals surface area contributed by atoms with E-state index in [1.807, 2.05) is 24.4 Å². The third kappa shape index (κ3) is 2.13. The molecule has 0 fully saturated rings. The molecule has 0 saturated heterocycles. The van der Waals surface area contributed by atoms with Crippen molar-refractivity contribution in [2.45, 2.75) is 6.92 Å². The van der Waals surface area contributed by atoms with Crippen molar-refractivity contribution in [1.82, 2.24) is 0 Å². The fourth-order valence-corrected chi connectivity index (χ4v) is 2.97. The summed E-state index contributed by atoms with van der Waals surface area (Å²) in [5.41, 5.74) is 1.82. The summed E-state index contributed by atoms with van der Waals surface area (Å²) in [5, 5.41) is 2.93. The summed E-state index contributed by atoms with van der Waals surface area (Å²) >= 11 is 1.62. The van der Waals surface area contributed by atoms with Crippen LogP contribution in [0.3, 0.4) is 0 Å². The molecular formula is C10H11NO2S2. The second-order valence-corrected chi connectivity index (χ2v) is 6.13. The molecule has 15 heavy (non-hydrogen) atoms. The van der Waals surface area contributed by atoms with Crippen LogP contribution in [0.25, 0.3) is 10.1 Å². The summed E-state index contributed by atoms with van der Waals surface area (Å²) in [5.74, 6) is 0. The zero-order valence-electron chi connectivity index (χ0n) is 8.44. The fraction of sp³-hybridized carbons (Fsp3) is 0.200. The monoisotopic (exact) mass is 241 g/mol. The van der Waals surface area contributed by atoms with Crippen molar-refractivity contribution < 1.29 is 8.42 Å². The molecule has 2 rings (SSSR count). The van der Waals surface area contributed by atoms with Gasteiger partial charge in [-0.2, -0.15) is 0 Å². The molecule has 0 bridgehead atoms. The van der Waals surface area contributed by atoms with Crippen LogP contribution < -0.4 is 4.72 Å². The van der Waals surface area contributed by atoms with Crippen LogP contribution in [0.15, 0.2) is 23.6 Å². The Labute approximate surface area is 92.8 Å². The van der Waals surface area contributed by atoms with Crippen LogP contribution in [-0.2, 0) is 10.0 Å². The topological polar surface area (TPSA) is 46.2 Å². The van der Waals surface area contributed by atoms with Gasteiger partial charge in [0.15, 0.2) is 0 Å². The molecule has 1 N–H and O–H groups in total. The number of anilines is 1. The van der Waals surface area contributed by atoms with E-state index in [1.54, 1.807) is 17.4 Å². The average molecular weight is 241 g/mol. The molecule has 0 aliphatic rings. The number of aryl methyl sites for hydroxylation is 1. The van der Waals surface area contributed by atoms with Gasteiger partial charge in [-0.25, -0.2) is 8.42 Å². The largest absolute Gasteiger partial charge is 0.283 e. The molecule has 0 amide bonds. The number of sulfonamides is 1. The van der Waals surface area contributed by atoms with E-state index >= 15 is 0 Å². The lowest BCUT2D eigenvalue weighted by Crippen LogP contribution is -2.09. The predicted octanol–water partition coefficient (Wildman–Crippen LogP) is 2.58. The first-order chi connectivity index (χ1) is 6.97. The van der Waals surface area contributed by atoms with Crippen molar-refractivity contribution in [2.75, 3.05) is 11.0 Å². The van der Waals surface area contributed by atoms with Crippen LogP contribution in [0, 0.1) is 6.92 Å². The van der Waals surface area contributed by atoms with Crippen LogP contribution in [0.1, 0.15) is 5.56 Å². The lowest BCUT2D eigenvalue weighted by molar-refractivity contribution is 0.607. The molecule has 0 unspecified atom stereocenters. The van der Waals surface area contributed by atoms with E-state index in [0.717, 1.165) is 16.3 Å². The van der Waals surface area contributed by atoms with E-state index in [9.17, 15) is 8.42 Å². The van der Waals surface area contributed by atoms with E-state index < -0.39 is 10.0 Å². The number of thiophene rings is 1. The average Bonchev–Trinajstić information content (AvgIpc) is 2.57. The predicted molar refractivity (Wildman–Crippen MR) is 65.0 cm³/mol. The van der Waals surface area contributed by atoms with Gasteiger partial charge >= 0.3 is 0 Å². The molecule has 5 heteroatoms. The molecule has 0 aliphatic carbocycles.